The van der Waals surface area contributed by atoms with Crippen molar-refractivity contribution in [2.75, 3.05) is 13.1 Å². The number of fused-ring (bicyclic) bond motifs is 1. The van der Waals surface area contributed by atoms with E-state index in [1.807, 2.05) is 0 Å². The highest BCUT2D eigenvalue weighted by molar-refractivity contribution is 5.20. The van der Waals surface area contributed by atoms with E-state index in [2.05, 4.69) is 28.7 Å². The van der Waals surface area contributed by atoms with Crippen molar-refractivity contribution in [2.45, 2.75) is 46.1 Å². The lowest BCUT2D eigenvalue weighted by Gasteiger charge is -2.27. The zero-order valence-electron chi connectivity index (χ0n) is 10.8. The average Bonchev–Trinajstić information content (AvgIpc) is 2.29. The molecule has 0 atom stereocenters. The molecule has 1 N–H and O–H groups in total. The molecule has 4 nitrogen and oxygen atoms in total. The first kappa shape index (κ1) is 12.3. The number of aryl methyl sites for hydroxylation is 1. The number of nitrogens with zero attached hydrogens (tertiary/aromatic N) is 2. The summed E-state index contributed by atoms with van der Waals surface area (Å²) in [5.41, 5.74) is 1.98. The van der Waals surface area contributed by atoms with E-state index in [0.717, 1.165) is 62.4 Å². The van der Waals surface area contributed by atoms with Crippen molar-refractivity contribution in [1.82, 2.24) is 14.9 Å². The van der Waals surface area contributed by atoms with E-state index in [4.69, 9.17) is 0 Å². The molecule has 1 aromatic heterocycles. The Labute approximate surface area is 102 Å². The quantitative estimate of drug-likeness (QED) is 0.860. The van der Waals surface area contributed by atoms with Crippen LogP contribution in [0.1, 0.15) is 43.8 Å². The standard InChI is InChI=1S/C13H21N3O/c1-3-5-12-14-11-9-16(7-4-2)8-6-10(11)13(17)15-12/h3-9H2,1-2H3,(H,14,15,17). The predicted octanol–water partition coefficient (Wildman–Crippen LogP) is 1.49. The zero-order chi connectivity index (χ0) is 12.3. The van der Waals surface area contributed by atoms with Crippen molar-refractivity contribution >= 4 is 0 Å². The van der Waals surface area contributed by atoms with Crippen LogP contribution in [0.15, 0.2) is 4.79 Å². The Balaban J connectivity index is 2.25. The van der Waals surface area contributed by atoms with Crippen LogP contribution >= 0.6 is 0 Å². The number of aromatic nitrogens is 2. The minimum Gasteiger partial charge on any atom is -0.310 e. The van der Waals surface area contributed by atoms with Crippen LogP contribution in [0.25, 0.3) is 0 Å². The largest absolute Gasteiger partial charge is 0.310 e. The molecular weight excluding hydrogens is 214 g/mol. The Hall–Kier alpha value is -1.16. The highest BCUT2D eigenvalue weighted by atomic mass is 16.1. The summed E-state index contributed by atoms with van der Waals surface area (Å²) in [7, 11) is 0. The molecule has 17 heavy (non-hydrogen) atoms. The normalized spacial score (nSPS) is 15.9. The first-order chi connectivity index (χ1) is 8.24. The summed E-state index contributed by atoms with van der Waals surface area (Å²) >= 11 is 0. The SMILES string of the molecule is CCCc1nc2c(c(=O)[nH]1)CCN(CCC)C2. The van der Waals surface area contributed by atoms with Gasteiger partial charge in [0.1, 0.15) is 5.82 Å². The van der Waals surface area contributed by atoms with E-state index in [1.165, 1.54) is 0 Å². The van der Waals surface area contributed by atoms with Crippen LogP contribution in [-0.2, 0) is 19.4 Å². The molecule has 0 unspecified atom stereocenters. The van der Waals surface area contributed by atoms with Gasteiger partial charge in [0.25, 0.3) is 5.56 Å². The molecule has 0 amide bonds. The summed E-state index contributed by atoms with van der Waals surface area (Å²) in [6.45, 7) is 7.20. The van der Waals surface area contributed by atoms with Crippen molar-refractivity contribution in [2.24, 2.45) is 0 Å². The highest BCUT2D eigenvalue weighted by Gasteiger charge is 2.19. The van der Waals surface area contributed by atoms with E-state index in [9.17, 15) is 4.79 Å². The molecule has 1 aromatic rings. The molecule has 4 heteroatoms. The number of aromatic amines is 1. The molecule has 0 fully saturated rings. The van der Waals surface area contributed by atoms with Gasteiger partial charge >= 0.3 is 0 Å². The topological polar surface area (TPSA) is 49.0 Å². The van der Waals surface area contributed by atoms with Gasteiger partial charge in [-0.2, -0.15) is 0 Å². The second-order valence-electron chi connectivity index (χ2n) is 4.71. The van der Waals surface area contributed by atoms with Gasteiger partial charge in [0.05, 0.1) is 5.69 Å². The van der Waals surface area contributed by atoms with Crippen LogP contribution in [0.3, 0.4) is 0 Å². The molecule has 0 aromatic carbocycles. The Morgan fingerprint density at radius 1 is 1.35 bits per heavy atom. The molecule has 0 radical (unpaired) electrons. The van der Waals surface area contributed by atoms with E-state index >= 15 is 0 Å². The van der Waals surface area contributed by atoms with E-state index in [-0.39, 0.29) is 5.56 Å². The molecule has 1 aliphatic heterocycles. The maximum Gasteiger partial charge on any atom is 0.254 e. The van der Waals surface area contributed by atoms with Crippen LogP contribution in [-0.4, -0.2) is 28.0 Å². The van der Waals surface area contributed by atoms with Crippen LogP contribution in [0.4, 0.5) is 0 Å². The minimum absolute atomic E-state index is 0.0783. The van der Waals surface area contributed by atoms with Crippen LogP contribution in [0.5, 0.6) is 0 Å². The summed E-state index contributed by atoms with van der Waals surface area (Å²) in [5.74, 6) is 0.842. The monoisotopic (exact) mass is 235 g/mol. The summed E-state index contributed by atoms with van der Waals surface area (Å²) in [6, 6.07) is 0. The molecular formula is C13H21N3O. The zero-order valence-corrected chi connectivity index (χ0v) is 10.8. The Morgan fingerprint density at radius 3 is 2.88 bits per heavy atom. The van der Waals surface area contributed by atoms with E-state index < -0.39 is 0 Å². The molecule has 0 saturated heterocycles. The molecule has 1 aliphatic rings. The average molecular weight is 235 g/mol. The van der Waals surface area contributed by atoms with Crippen molar-refractivity contribution in [3.63, 3.8) is 0 Å². The Morgan fingerprint density at radius 2 is 2.18 bits per heavy atom. The lowest BCUT2D eigenvalue weighted by molar-refractivity contribution is 0.249. The summed E-state index contributed by atoms with van der Waals surface area (Å²) in [6.07, 6.45) is 3.86. The third-order valence-electron chi connectivity index (χ3n) is 3.23. The van der Waals surface area contributed by atoms with Crippen LogP contribution in [0.2, 0.25) is 0 Å². The van der Waals surface area contributed by atoms with Gasteiger partial charge in [-0.25, -0.2) is 4.98 Å². The lowest BCUT2D eigenvalue weighted by Crippen LogP contribution is -2.36. The number of rotatable bonds is 4. The summed E-state index contributed by atoms with van der Waals surface area (Å²) in [5, 5.41) is 0. The smallest absolute Gasteiger partial charge is 0.254 e. The molecule has 0 saturated carbocycles. The van der Waals surface area contributed by atoms with Gasteiger partial charge in [0.15, 0.2) is 0 Å². The van der Waals surface area contributed by atoms with Gasteiger partial charge in [-0.1, -0.05) is 13.8 Å². The van der Waals surface area contributed by atoms with Crippen molar-refractivity contribution < 1.29 is 0 Å². The van der Waals surface area contributed by atoms with Gasteiger partial charge in [-0.05, 0) is 25.8 Å². The second kappa shape index (κ2) is 5.45. The molecule has 0 aliphatic carbocycles. The minimum atomic E-state index is 0.0783. The molecule has 2 rings (SSSR count). The molecule has 2 heterocycles. The number of nitrogens with one attached hydrogen (secondary N) is 1. The van der Waals surface area contributed by atoms with Gasteiger partial charge in [0.2, 0.25) is 0 Å². The van der Waals surface area contributed by atoms with Gasteiger partial charge in [-0.15, -0.1) is 0 Å². The first-order valence-corrected chi connectivity index (χ1v) is 6.57. The van der Waals surface area contributed by atoms with Crippen molar-refractivity contribution in [3.05, 3.63) is 27.4 Å². The fourth-order valence-electron chi connectivity index (χ4n) is 2.41. The summed E-state index contributed by atoms with van der Waals surface area (Å²) in [4.78, 5) is 21.8. The van der Waals surface area contributed by atoms with Gasteiger partial charge in [0, 0.05) is 25.1 Å². The predicted molar refractivity (Wildman–Crippen MR) is 68.1 cm³/mol. The fraction of sp³-hybridized carbons (Fsp3) is 0.692. The molecule has 0 spiro atoms. The second-order valence-corrected chi connectivity index (χ2v) is 4.71. The lowest BCUT2D eigenvalue weighted by atomic mass is 10.1. The van der Waals surface area contributed by atoms with Gasteiger partial charge < -0.3 is 4.98 Å². The number of hydrogen-bond acceptors (Lipinski definition) is 3. The van der Waals surface area contributed by atoms with Crippen molar-refractivity contribution in [3.8, 4) is 0 Å². The third-order valence-corrected chi connectivity index (χ3v) is 3.23. The highest BCUT2D eigenvalue weighted by Crippen LogP contribution is 2.14. The van der Waals surface area contributed by atoms with Crippen LogP contribution < -0.4 is 5.56 Å². The van der Waals surface area contributed by atoms with Crippen LogP contribution in [0, 0.1) is 0 Å². The Kier molecular flexibility index (Phi) is 3.94. The number of hydrogen-bond donors (Lipinski definition) is 1. The molecule has 94 valence electrons. The summed E-state index contributed by atoms with van der Waals surface area (Å²) < 4.78 is 0. The number of H-pyrrole nitrogens is 1. The maximum atomic E-state index is 11.9. The third kappa shape index (κ3) is 2.75. The molecule has 0 bridgehead atoms. The Bertz CT molecular complexity index is 439. The maximum absolute atomic E-state index is 11.9. The van der Waals surface area contributed by atoms with Gasteiger partial charge in [-0.3, -0.25) is 9.69 Å². The van der Waals surface area contributed by atoms with Crippen molar-refractivity contribution in [1.29, 1.82) is 0 Å². The first-order valence-electron chi connectivity index (χ1n) is 6.57. The fourth-order valence-corrected chi connectivity index (χ4v) is 2.41. The van der Waals surface area contributed by atoms with E-state index in [1.54, 1.807) is 0 Å². The van der Waals surface area contributed by atoms with E-state index in [0.29, 0.717) is 0 Å².